The minimum atomic E-state index is -3.77. The number of carbonyl (C=O) groups excluding carboxylic acids is 1. The first-order valence-corrected chi connectivity index (χ1v) is 9.86. The molecule has 7 nitrogen and oxygen atoms in total. The molecule has 0 aliphatic rings. The predicted octanol–water partition coefficient (Wildman–Crippen LogP) is 0.525. The molecule has 0 aliphatic carbocycles. The second-order valence-electron chi connectivity index (χ2n) is 6.04. The summed E-state index contributed by atoms with van der Waals surface area (Å²) in [6, 6.07) is 10.3. The topological polar surface area (TPSA) is 103 Å². The van der Waals surface area contributed by atoms with Crippen molar-refractivity contribution >= 4 is 21.6 Å². The van der Waals surface area contributed by atoms with Gasteiger partial charge in [0.1, 0.15) is 6.54 Å². The number of ether oxygens (including phenoxy) is 1. The summed E-state index contributed by atoms with van der Waals surface area (Å²) in [5.74, 6) is -0.494. The molecule has 0 aliphatic heterocycles. The number of carbonyl (C=O) groups is 1. The van der Waals surface area contributed by atoms with E-state index in [1.165, 1.54) is 37.4 Å². The van der Waals surface area contributed by atoms with Crippen LogP contribution in [0.25, 0.3) is 0 Å². The lowest BCUT2D eigenvalue weighted by Gasteiger charge is -2.17. The molecular formula is C18H23FN3O4S+. The number of primary sulfonamides is 1. The molecule has 27 heavy (non-hydrogen) atoms. The van der Waals surface area contributed by atoms with E-state index < -0.39 is 15.8 Å². The number of methoxy groups -OCH3 is 1. The number of rotatable bonds is 8. The highest BCUT2D eigenvalue weighted by Crippen LogP contribution is 2.17. The molecule has 0 radical (unpaired) electrons. The Bertz CT molecular complexity index is 901. The van der Waals surface area contributed by atoms with Gasteiger partial charge >= 0.3 is 0 Å². The summed E-state index contributed by atoms with van der Waals surface area (Å²) in [5, 5.41) is 7.75. The van der Waals surface area contributed by atoms with Gasteiger partial charge in [-0.25, -0.2) is 17.9 Å². The highest BCUT2D eigenvalue weighted by molar-refractivity contribution is 7.89. The van der Waals surface area contributed by atoms with Crippen molar-refractivity contribution in [2.75, 3.05) is 25.5 Å². The molecule has 1 unspecified atom stereocenters. The van der Waals surface area contributed by atoms with Gasteiger partial charge in [-0.2, -0.15) is 0 Å². The molecule has 0 heterocycles. The van der Waals surface area contributed by atoms with Crippen LogP contribution in [0, 0.1) is 5.82 Å². The summed E-state index contributed by atoms with van der Waals surface area (Å²) in [4.78, 5) is 13.2. The first-order chi connectivity index (χ1) is 12.7. The third-order valence-electron chi connectivity index (χ3n) is 4.05. The third kappa shape index (κ3) is 6.02. The summed E-state index contributed by atoms with van der Waals surface area (Å²) < 4.78 is 41.2. The Morgan fingerprint density at radius 1 is 1.22 bits per heavy atom. The largest absolute Gasteiger partial charge is 0.494 e. The van der Waals surface area contributed by atoms with Crippen LogP contribution in [0.5, 0.6) is 5.75 Å². The number of amides is 1. The molecule has 0 saturated heterocycles. The van der Waals surface area contributed by atoms with Gasteiger partial charge in [-0.15, -0.1) is 0 Å². The van der Waals surface area contributed by atoms with E-state index in [2.05, 4.69) is 5.32 Å². The molecule has 1 atom stereocenters. The smallest absolute Gasteiger partial charge is 0.279 e. The minimum Gasteiger partial charge on any atom is -0.494 e. The number of hydrogen-bond donors (Lipinski definition) is 3. The Kier molecular flexibility index (Phi) is 6.89. The normalized spacial score (nSPS) is 12.4. The van der Waals surface area contributed by atoms with E-state index in [1.807, 2.05) is 6.92 Å². The second kappa shape index (κ2) is 8.94. The molecule has 1 amide bonds. The fourth-order valence-electron chi connectivity index (χ4n) is 2.58. The summed E-state index contributed by atoms with van der Waals surface area (Å²) in [5.41, 5.74) is 1.23. The fourth-order valence-corrected chi connectivity index (χ4v) is 3.10. The van der Waals surface area contributed by atoms with Gasteiger partial charge in [-0.05, 0) is 49.4 Å². The average Bonchev–Trinajstić information content (AvgIpc) is 2.61. The van der Waals surface area contributed by atoms with Crippen LogP contribution in [0.3, 0.4) is 0 Å². The van der Waals surface area contributed by atoms with Crippen LogP contribution in [-0.4, -0.2) is 34.5 Å². The molecule has 2 aromatic carbocycles. The fraction of sp³-hybridized carbons (Fsp3) is 0.278. The zero-order valence-electron chi connectivity index (χ0n) is 15.2. The van der Waals surface area contributed by atoms with Crippen molar-refractivity contribution in [2.45, 2.75) is 18.4 Å². The van der Waals surface area contributed by atoms with E-state index in [0.717, 1.165) is 10.5 Å². The van der Waals surface area contributed by atoms with Crippen LogP contribution in [-0.2, 0) is 21.4 Å². The summed E-state index contributed by atoms with van der Waals surface area (Å²) in [7, 11) is -2.37. The number of quaternary nitrogens is 1. The first-order valence-electron chi connectivity index (χ1n) is 8.31. The monoisotopic (exact) mass is 396 g/mol. The Hall–Kier alpha value is -2.49. The molecule has 0 spiro atoms. The highest BCUT2D eigenvalue weighted by atomic mass is 32.2. The van der Waals surface area contributed by atoms with E-state index in [0.29, 0.717) is 18.8 Å². The molecule has 146 valence electrons. The quantitative estimate of drug-likeness (QED) is 0.605. The van der Waals surface area contributed by atoms with Gasteiger partial charge in [-0.3, -0.25) is 4.79 Å². The van der Waals surface area contributed by atoms with Crippen molar-refractivity contribution in [3.8, 4) is 5.75 Å². The number of benzene rings is 2. The predicted molar refractivity (Wildman–Crippen MR) is 99.5 cm³/mol. The Labute approximate surface area is 158 Å². The number of anilines is 1. The van der Waals surface area contributed by atoms with Crippen molar-refractivity contribution in [3.05, 3.63) is 53.8 Å². The number of hydrogen-bond acceptors (Lipinski definition) is 4. The van der Waals surface area contributed by atoms with Gasteiger partial charge in [0.15, 0.2) is 18.1 Å². The van der Waals surface area contributed by atoms with Crippen molar-refractivity contribution in [3.63, 3.8) is 0 Å². The lowest BCUT2D eigenvalue weighted by Crippen LogP contribution is -3.11. The van der Waals surface area contributed by atoms with Crippen molar-refractivity contribution in [1.29, 1.82) is 0 Å². The van der Waals surface area contributed by atoms with Crippen LogP contribution in [0.15, 0.2) is 47.4 Å². The van der Waals surface area contributed by atoms with Crippen LogP contribution in [0.1, 0.15) is 12.5 Å². The average molecular weight is 396 g/mol. The van der Waals surface area contributed by atoms with Gasteiger partial charge in [-0.1, -0.05) is 0 Å². The van der Waals surface area contributed by atoms with E-state index in [4.69, 9.17) is 9.88 Å². The zero-order valence-corrected chi connectivity index (χ0v) is 16.0. The van der Waals surface area contributed by atoms with Gasteiger partial charge in [0.2, 0.25) is 10.0 Å². The van der Waals surface area contributed by atoms with Crippen molar-refractivity contribution in [1.82, 2.24) is 0 Å². The summed E-state index contributed by atoms with van der Waals surface area (Å²) >= 11 is 0. The van der Waals surface area contributed by atoms with Crippen LogP contribution in [0.2, 0.25) is 0 Å². The maximum absolute atomic E-state index is 13.8. The molecule has 4 N–H and O–H groups in total. The highest BCUT2D eigenvalue weighted by Gasteiger charge is 2.15. The molecule has 2 aromatic rings. The van der Waals surface area contributed by atoms with E-state index in [1.54, 1.807) is 12.1 Å². The van der Waals surface area contributed by atoms with Crippen molar-refractivity contribution < 1.29 is 27.2 Å². The van der Waals surface area contributed by atoms with Gasteiger partial charge in [0, 0.05) is 11.3 Å². The Morgan fingerprint density at radius 2 is 1.89 bits per heavy atom. The summed E-state index contributed by atoms with van der Waals surface area (Å²) in [6.07, 6.45) is 0. The molecule has 0 saturated carbocycles. The second-order valence-corrected chi connectivity index (χ2v) is 7.60. The number of nitrogens with two attached hydrogens (primary N) is 1. The Morgan fingerprint density at radius 3 is 2.41 bits per heavy atom. The van der Waals surface area contributed by atoms with Gasteiger partial charge in [0.25, 0.3) is 5.91 Å². The molecule has 0 aromatic heterocycles. The molecule has 9 heteroatoms. The number of sulfonamides is 1. The Balaban J connectivity index is 1.97. The summed E-state index contributed by atoms with van der Waals surface area (Å²) in [6.45, 7) is 3.27. The third-order valence-corrected chi connectivity index (χ3v) is 4.98. The molecule has 2 rings (SSSR count). The first kappa shape index (κ1) is 20.8. The van der Waals surface area contributed by atoms with Gasteiger partial charge < -0.3 is 15.0 Å². The lowest BCUT2D eigenvalue weighted by atomic mass is 10.2. The van der Waals surface area contributed by atoms with Gasteiger partial charge in [0.05, 0.1) is 18.6 Å². The minimum absolute atomic E-state index is 0.0251. The van der Waals surface area contributed by atoms with Crippen LogP contribution < -0.4 is 20.1 Å². The van der Waals surface area contributed by atoms with E-state index in [-0.39, 0.29) is 23.1 Å². The molecule has 0 fully saturated rings. The van der Waals surface area contributed by atoms with E-state index >= 15 is 0 Å². The van der Waals surface area contributed by atoms with E-state index in [9.17, 15) is 17.6 Å². The van der Waals surface area contributed by atoms with Crippen molar-refractivity contribution in [2.24, 2.45) is 5.14 Å². The number of halogens is 1. The number of nitrogens with one attached hydrogen (secondary N) is 2. The number of likely N-dealkylation sites (N-methyl/N-ethyl adjacent to an activating group) is 1. The molecule has 0 bridgehead atoms. The van der Waals surface area contributed by atoms with Crippen LogP contribution >= 0.6 is 0 Å². The molecular weight excluding hydrogens is 373 g/mol. The van der Waals surface area contributed by atoms with Crippen LogP contribution in [0.4, 0.5) is 10.1 Å². The SMILES string of the molecule is CC[NH+](CC(=O)Nc1ccc(S(N)(=O)=O)cc1)Cc1ccc(OC)c(F)c1. The maximum Gasteiger partial charge on any atom is 0.279 e. The standard InChI is InChI=1S/C18H22FN3O4S/c1-3-22(11-13-4-9-17(26-2)16(19)10-13)12-18(23)21-14-5-7-15(8-6-14)27(20,24)25/h4-10H,3,11-12H2,1-2H3,(H,21,23)(H2,20,24,25)/p+1. The maximum atomic E-state index is 13.8. The lowest BCUT2D eigenvalue weighted by molar-refractivity contribution is -0.903. The zero-order chi connectivity index (χ0) is 20.0.